The van der Waals surface area contributed by atoms with Gasteiger partial charge in [0.2, 0.25) is 11.8 Å². The number of carbonyl (C=O) groups is 3. The van der Waals surface area contributed by atoms with E-state index in [1.807, 2.05) is 0 Å². The normalized spacial score (nSPS) is 14.7. The molecule has 0 radical (unpaired) electrons. The number of nitrogens with one attached hydrogen (secondary N) is 1. The molecule has 1 aliphatic rings. The fraction of sp³-hybridized carbons (Fsp3) is 0.357. The van der Waals surface area contributed by atoms with Crippen molar-refractivity contribution in [3.05, 3.63) is 29.8 Å². The van der Waals surface area contributed by atoms with Gasteiger partial charge in [0.1, 0.15) is 0 Å². The van der Waals surface area contributed by atoms with Crippen LogP contribution in [0.2, 0.25) is 0 Å². The Labute approximate surface area is 117 Å². The van der Waals surface area contributed by atoms with Crippen molar-refractivity contribution in [1.82, 2.24) is 10.2 Å². The molecule has 1 saturated heterocycles. The van der Waals surface area contributed by atoms with Gasteiger partial charge in [-0.25, -0.2) is 0 Å². The summed E-state index contributed by atoms with van der Waals surface area (Å²) in [5.74, 6) is -0.549. The number of para-hydroxylation sites is 1. The summed E-state index contributed by atoms with van der Waals surface area (Å²) < 4.78 is 0. The molecule has 1 aromatic carbocycles. The Hall–Kier alpha value is -2.37. The minimum atomic E-state index is -0.233. The molecule has 2 rings (SSSR count). The molecule has 0 unspecified atom stereocenters. The summed E-state index contributed by atoms with van der Waals surface area (Å²) in [6.07, 6.45) is 0. The van der Waals surface area contributed by atoms with Crippen LogP contribution in [0.1, 0.15) is 17.3 Å². The Balaban J connectivity index is 2.30. The molecule has 0 atom stereocenters. The third kappa shape index (κ3) is 2.79. The molecular weight excluding hydrogens is 258 g/mol. The first-order chi connectivity index (χ1) is 9.50. The van der Waals surface area contributed by atoms with Crippen LogP contribution in [-0.4, -0.2) is 49.3 Å². The molecule has 6 nitrogen and oxygen atoms in total. The van der Waals surface area contributed by atoms with Gasteiger partial charge in [0.25, 0.3) is 5.91 Å². The summed E-state index contributed by atoms with van der Waals surface area (Å²) in [4.78, 5) is 38.3. The number of amides is 3. The number of nitrogens with zero attached hydrogens (tertiary/aromatic N) is 2. The Morgan fingerprint density at radius 1 is 1.30 bits per heavy atom. The highest BCUT2D eigenvalue weighted by Crippen LogP contribution is 2.21. The Bertz CT molecular complexity index is 556. The van der Waals surface area contributed by atoms with E-state index in [1.165, 1.54) is 16.7 Å². The highest BCUT2D eigenvalue weighted by molar-refractivity contribution is 6.05. The van der Waals surface area contributed by atoms with Crippen LogP contribution in [-0.2, 0) is 9.59 Å². The van der Waals surface area contributed by atoms with Gasteiger partial charge in [-0.2, -0.15) is 0 Å². The summed E-state index contributed by atoms with van der Waals surface area (Å²) in [5, 5.41) is 2.68. The predicted molar refractivity (Wildman–Crippen MR) is 74.4 cm³/mol. The number of hydrogen-bond donors (Lipinski definition) is 1. The smallest absolute Gasteiger partial charge is 0.256 e. The van der Waals surface area contributed by atoms with Crippen molar-refractivity contribution in [3.63, 3.8) is 0 Å². The average molecular weight is 275 g/mol. The van der Waals surface area contributed by atoms with E-state index < -0.39 is 0 Å². The molecule has 6 heteroatoms. The molecule has 0 aliphatic carbocycles. The summed E-state index contributed by atoms with van der Waals surface area (Å²) in [5.41, 5.74) is 0.982. The maximum Gasteiger partial charge on any atom is 0.256 e. The molecular formula is C14H17N3O3. The van der Waals surface area contributed by atoms with Crippen molar-refractivity contribution in [2.24, 2.45) is 0 Å². The lowest BCUT2D eigenvalue weighted by molar-refractivity contribution is -0.123. The molecule has 1 heterocycles. The second-order valence-corrected chi connectivity index (χ2v) is 4.67. The van der Waals surface area contributed by atoms with E-state index in [4.69, 9.17) is 0 Å². The van der Waals surface area contributed by atoms with Gasteiger partial charge in [0.05, 0.1) is 17.8 Å². The van der Waals surface area contributed by atoms with Crippen LogP contribution in [0.15, 0.2) is 24.3 Å². The highest BCUT2D eigenvalue weighted by atomic mass is 16.2. The SMILES string of the molecule is CC(=O)N(C)c1ccccc1C(=O)N1CCNC(=O)C1. The Morgan fingerprint density at radius 2 is 2.00 bits per heavy atom. The van der Waals surface area contributed by atoms with E-state index >= 15 is 0 Å². The maximum absolute atomic E-state index is 12.5. The minimum absolute atomic E-state index is 0.0525. The largest absolute Gasteiger partial charge is 0.353 e. The predicted octanol–water partition coefficient (Wildman–Crippen LogP) is 0.241. The third-order valence-corrected chi connectivity index (χ3v) is 3.29. The van der Waals surface area contributed by atoms with Crippen LogP contribution in [0.25, 0.3) is 0 Å². The lowest BCUT2D eigenvalue weighted by atomic mass is 10.1. The molecule has 0 bridgehead atoms. The number of rotatable bonds is 2. The topological polar surface area (TPSA) is 69.7 Å². The van der Waals surface area contributed by atoms with Crippen molar-refractivity contribution < 1.29 is 14.4 Å². The maximum atomic E-state index is 12.5. The molecule has 20 heavy (non-hydrogen) atoms. The highest BCUT2D eigenvalue weighted by Gasteiger charge is 2.25. The van der Waals surface area contributed by atoms with Gasteiger partial charge >= 0.3 is 0 Å². The van der Waals surface area contributed by atoms with Gasteiger partial charge in [0, 0.05) is 27.1 Å². The van der Waals surface area contributed by atoms with Gasteiger partial charge in [-0.3, -0.25) is 14.4 Å². The monoisotopic (exact) mass is 275 g/mol. The first-order valence-corrected chi connectivity index (χ1v) is 6.40. The van der Waals surface area contributed by atoms with Crippen LogP contribution >= 0.6 is 0 Å². The van der Waals surface area contributed by atoms with Crippen LogP contribution in [0.5, 0.6) is 0 Å². The van der Waals surface area contributed by atoms with E-state index in [2.05, 4.69) is 5.32 Å². The number of anilines is 1. The van der Waals surface area contributed by atoms with E-state index in [-0.39, 0.29) is 24.3 Å². The summed E-state index contributed by atoms with van der Waals surface area (Å²) >= 11 is 0. The molecule has 1 N–H and O–H groups in total. The van der Waals surface area contributed by atoms with Gasteiger partial charge in [-0.1, -0.05) is 12.1 Å². The second-order valence-electron chi connectivity index (χ2n) is 4.67. The third-order valence-electron chi connectivity index (χ3n) is 3.29. The van der Waals surface area contributed by atoms with Gasteiger partial charge in [0.15, 0.2) is 0 Å². The van der Waals surface area contributed by atoms with Gasteiger partial charge in [-0.15, -0.1) is 0 Å². The van der Waals surface area contributed by atoms with Crippen molar-refractivity contribution in [2.45, 2.75) is 6.92 Å². The lowest BCUT2D eigenvalue weighted by Crippen LogP contribution is -2.50. The zero-order valence-electron chi connectivity index (χ0n) is 11.5. The summed E-state index contributed by atoms with van der Waals surface area (Å²) in [6.45, 7) is 2.42. The van der Waals surface area contributed by atoms with Crippen LogP contribution < -0.4 is 10.2 Å². The van der Waals surface area contributed by atoms with Crippen LogP contribution in [0, 0.1) is 0 Å². The zero-order valence-corrected chi connectivity index (χ0v) is 11.5. The molecule has 1 aliphatic heterocycles. The van der Waals surface area contributed by atoms with Crippen molar-refractivity contribution in [3.8, 4) is 0 Å². The molecule has 106 valence electrons. The molecule has 1 fully saturated rings. The first-order valence-electron chi connectivity index (χ1n) is 6.40. The zero-order chi connectivity index (χ0) is 14.7. The van der Waals surface area contributed by atoms with Crippen molar-refractivity contribution in [1.29, 1.82) is 0 Å². The van der Waals surface area contributed by atoms with E-state index in [0.29, 0.717) is 24.3 Å². The van der Waals surface area contributed by atoms with Crippen LogP contribution in [0.4, 0.5) is 5.69 Å². The average Bonchev–Trinajstić information content (AvgIpc) is 2.45. The molecule has 0 aromatic heterocycles. The van der Waals surface area contributed by atoms with E-state index in [9.17, 15) is 14.4 Å². The molecule has 0 spiro atoms. The van der Waals surface area contributed by atoms with Gasteiger partial charge in [-0.05, 0) is 12.1 Å². The van der Waals surface area contributed by atoms with E-state index in [0.717, 1.165) is 0 Å². The summed E-state index contributed by atoms with van der Waals surface area (Å²) in [7, 11) is 1.62. The standard InChI is InChI=1S/C14H17N3O3/c1-10(18)16(2)12-6-4-3-5-11(12)14(20)17-8-7-15-13(19)9-17/h3-6H,7-9H2,1-2H3,(H,15,19). The van der Waals surface area contributed by atoms with Crippen molar-refractivity contribution >= 4 is 23.4 Å². The number of carbonyl (C=O) groups excluding carboxylic acids is 3. The number of piperazine rings is 1. The van der Waals surface area contributed by atoms with Gasteiger partial charge < -0.3 is 15.1 Å². The molecule has 0 saturated carbocycles. The minimum Gasteiger partial charge on any atom is -0.353 e. The van der Waals surface area contributed by atoms with Crippen molar-refractivity contribution in [2.75, 3.05) is 31.6 Å². The quantitative estimate of drug-likeness (QED) is 0.840. The fourth-order valence-corrected chi connectivity index (χ4v) is 2.10. The fourth-order valence-electron chi connectivity index (χ4n) is 2.10. The Morgan fingerprint density at radius 3 is 2.65 bits per heavy atom. The lowest BCUT2D eigenvalue weighted by Gasteiger charge is -2.28. The molecule has 3 amide bonds. The second kappa shape index (κ2) is 5.73. The number of benzene rings is 1. The molecule has 1 aromatic rings. The number of hydrogen-bond acceptors (Lipinski definition) is 3. The summed E-state index contributed by atoms with van der Waals surface area (Å²) in [6, 6.07) is 6.91. The Kier molecular flexibility index (Phi) is 4.02. The van der Waals surface area contributed by atoms with Crippen LogP contribution in [0.3, 0.4) is 0 Å². The van der Waals surface area contributed by atoms with E-state index in [1.54, 1.807) is 31.3 Å². The first kappa shape index (κ1) is 14.0.